The molecule has 1 amide bonds. The quantitative estimate of drug-likeness (QED) is 0.761. The Bertz CT molecular complexity index is 1030. The largest absolute Gasteiger partial charge is 0.326 e. The highest BCUT2D eigenvalue weighted by Gasteiger charge is 2.13. The van der Waals surface area contributed by atoms with Crippen LogP contribution in [0.3, 0.4) is 0 Å². The summed E-state index contributed by atoms with van der Waals surface area (Å²) in [6, 6.07) is 13.4. The summed E-state index contributed by atoms with van der Waals surface area (Å²) in [5.74, 6) is -0.130. The smallest absolute Gasteiger partial charge is 0.261 e. The predicted octanol–water partition coefficient (Wildman–Crippen LogP) is 4.03. The minimum atomic E-state index is -0.130. The highest BCUT2D eigenvalue weighted by Crippen LogP contribution is 2.23. The Morgan fingerprint density at radius 1 is 1.11 bits per heavy atom. The van der Waals surface area contributed by atoms with Crippen molar-refractivity contribution in [2.45, 2.75) is 46.1 Å². The molecule has 0 aliphatic rings. The van der Waals surface area contributed by atoms with E-state index in [-0.39, 0.29) is 23.3 Å². The van der Waals surface area contributed by atoms with Gasteiger partial charge in [-0.1, -0.05) is 45.0 Å². The first-order chi connectivity index (χ1) is 12.8. The molecule has 0 saturated carbocycles. The van der Waals surface area contributed by atoms with Gasteiger partial charge in [-0.05, 0) is 41.7 Å². The van der Waals surface area contributed by atoms with Gasteiger partial charge in [0.05, 0.1) is 17.2 Å². The maximum atomic E-state index is 12.6. The third-order valence-corrected chi connectivity index (χ3v) is 4.67. The fraction of sp³-hybridized carbons (Fsp3) is 0.318. The first kappa shape index (κ1) is 18.8. The molecule has 0 saturated heterocycles. The number of anilines is 1. The number of nitrogens with one attached hydrogen (secondary N) is 1. The van der Waals surface area contributed by atoms with Gasteiger partial charge in [0.1, 0.15) is 0 Å². The van der Waals surface area contributed by atoms with Crippen molar-refractivity contribution in [1.82, 2.24) is 9.55 Å². The summed E-state index contributed by atoms with van der Waals surface area (Å²) in [5, 5.41) is 3.46. The molecular formula is C22H25N3O2. The molecule has 0 aliphatic carbocycles. The van der Waals surface area contributed by atoms with Crippen molar-refractivity contribution in [2.24, 2.45) is 0 Å². The van der Waals surface area contributed by atoms with E-state index in [1.165, 1.54) is 16.5 Å². The van der Waals surface area contributed by atoms with Gasteiger partial charge in [-0.15, -0.1) is 0 Å². The summed E-state index contributed by atoms with van der Waals surface area (Å²) in [5.41, 5.74) is 3.60. The van der Waals surface area contributed by atoms with Crippen LogP contribution in [0, 0.1) is 6.92 Å². The van der Waals surface area contributed by atoms with Crippen LogP contribution in [0.1, 0.15) is 38.3 Å². The van der Waals surface area contributed by atoms with Crippen LogP contribution in [-0.2, 0) is 16.8 Å². The number of aryl methyl sites for hydroxylation is 2. The number of fused-ring (bicyclic) bond motifs is 1. The van der Waals surface area contributed by atoms with Crippen LogP contribution < -0.4 is 10.9 Å². The zero-order valence-electron chi connectivity index (χ0n) is 16.2. The number of aromatic nitrogens is 2. The van der Waals surface area contributed by atoms with E-state index >= 15 is 0 Å². The molecule has 5 heteroatoms. The van der Waals surface area contributed by atoms with E-state index in [2.05, 4.69) is 31.1 Å². The molecule has 0 bridgehead atoms. The summed E-state index contributed by atoms with van der Waals surface area (Å²) in [4.78, 5) is 29.2. The third-order valence-electron chi connectivity index (χ3n) is 4.67. The van der Waals surface area contributed by atoms with Crippen LogP contribution >= 0.6 is 0 Å². The Morgan fingerprint density at radius 3 is 2.48 bits per heavy atom. The second-order valence-corrected chi connectivity index (χ2v) is 7.84. The first-order valence-corrected chi connectivity index (χ1v) is 9.11. The molecule has 140 valence electrons. The van der Waals surface area contributed by atoms with E-state index in [9.17, 15) is 9.59 Å². The van der Waals surface area contributed by atoms with Crippen LogP contribution in [0.15, 0.2) is 53.6 Å². The number of hydrogen-bond donors (Lipinski definition) is 1. The fourth-order valence-corrected chi connectivity index (χ4v) is 3.00. The van der Waals surface area contributed by atoms with Gasteiger partial charge in [-0.25, -0.2) is 4.98 Å². The summed E-state index contributed by atoms with van der Waals surface area (Å²) in [6.07, 6.45) is 1.73. The van der Waals surface area contributed by atoms with Gasteiger partial charge in [0, 0.05) is 18.7 Å². The highest BCUT2D eigenvalue weighted by molar-refractivity contribution is 5.90. The van der Waals surface area contributed by atoms with Crippen molar-refractivity contribution in [1.29, 1.82) is 0 Å². The molecule has 2 aromatic carbocycles. The molecule has 1 heterocycles. The third kappa shape index (κ3) is 4.25. The van der Waals surface area contributed by atoms with E-state index in [4.69, 9.17) is 0 Å². The van der Waals surface area contributed by atoms with Gasteiger partial charge in [-0.3, -0.25) is 14.2 Å². The lowest BCUT2D eigenvalue weighted by molar-refractivity contribution is -0.116. The lowest BCUT2D eigenvalue weighted by Crippen LogP contribution is -2.23. The van der Waals surface area contributed by atoms with Gasteiger partial charge < -0.3 is 5.32 Å². The molecule has 0 atom stereocenters. The topological polar surface area (TPSA) is 64.0 Å². The number of nitrogens with zero attached hydrogens (tertiary/aromatic N) is 2. The van der Waals surface area contributed by atoms with Crippen LogP contribution in [-0.4, -0.2) is 15.5 Å². The second kappa shape index (κ2) is 7.35. The average Bonchev–Trinajstić information content (AvgIpc) is 2.61. The molecule has 3 rings (SSSR count). The highest BCUT2D eigenvalue weighted by atomic mass is 16.1. The lowest BCUT2D eigenvalue weighted by atomic mass is 9.87. The molecule has 1 N–H and O–H groups in total. The minimum absolute atomic E-state index is 0.0745. The predicted molar refractivity (Wildman–Crippen MR) is 109 cm³/mol. The standard InChI is InChI=1S/C22H25N3O2/c1-15-6-5-7-18-20(15)23-14-25(21(18)27)13-12-19(26)24-17-10-8-16(9-11-17)22(2,3)4/h5-11,14H,12-13H2,1-4H3,(H,24,26). The monoisotopic (exact) mass is 363 g/mol. The van der Waals surface area contributed by atoms with Crippen LogP contribution in [0.2, 0.25) is 0 Å². The summed E-state index contributed by atoms with van der Waals surface area (Å²) >= 11 is 0. The van der Waals surface area contributed by atoms with Gasteiger partial charge >= 0.3 is 0 Å². The Kier molecular flexibility index (Phi) is 5.13. The molecule has 0 spiro atoms. The zero-order valence-corrected chi connectivity index (χ0v) is 16.2. The normalized spacial score (nSPS) is 11.6. The summed E-state index contributed by atoms with van der Waals surface area (Å²) in [6.45, 7) is 8.67. The molecule has 0 unspecified atom stereocenters. The van der Waals surface area contributed by atoms with Crippen molar-refractivity contribution < 1.29 is 4.79 Å². The van der Waals surface area contributed by atoms with Crippen LogP contribution in [0.4, 0.5) is 5.69 Å². The van der Waals surface area contributed by atoms with E-state index < -0.39 is 0 Å². The molecule has 3 aromatic rings. The van der Waals surface area contributed by atoms with E-state index in [0.717, 1.165) is 11.3 Å². The molecule has 0 fully saturated rings. The SMILES string of the molecule is Cc1cccc2c(=O)n(CCC(=O)Nc3ccc(C(C)(C)C)cc3)cnc12. The maximum absolute atomic E-state index is 12.6. The zero-order chi connectivity index (χ0) is 19.6. The van der Waals surface area contributed by atoms with E-state index in [1.54, 1.807) is 6.07 Å². The van der Waals surface area contributed by atoms with Crippen molar-refractivity contribution in [3.63, 3.8) is 0 Å². The van der Waals surface area contributed by atoms with Crippen molar-refractivity contribution >= 4 is 22.5 Å². The molecular weight excluding hydrogens is 338 g/mol. The molecule has 27 heavy (non-hydrogen) atoms. The lowest BCUT2D eigenvalue weighted by Gasteiger charge is -2.19. The van der Waals surface area contributed by atoms with Gasteiger partial charge in [0.2, 0.25) is 5.91 Å². The van der Waals surface area contributed by atoms with Crippen molar-refractivity contribution in [3.05, 3.63) is 70.3 Å². The van der Waals surface area contributed by atoms with Gasteiger partial charge in [-0.2, -0.15) is 0 Å². The second-order valence-electron chi connectivity index (χ2n) is 7.84. The Labute approximate surface area is 159 Å². The average molecular weight is 363 g/mol. The Hall–Kier alpha value is -2.95. The molecule has 5 nitrogen and oxygen atoms in total. The van der Waals surface area contributed by atoms with E-state index in [1.807, 2.05) is 43.3 Å². The first-order valence-electron chi connectivity index (χ1n) is 9.11. The number of carbonyl (C=O) groups is 1. The van der Waals surface area contributed by atoms with Gasteiger partial charge in [0.25, 0.3) is 5.56 Å². The molecule has 0 aliphatic heterocycles. The van der Waals surface area contributed by atoms with Crippen molar-refractivity contribution in [3.8, 4) is 0 Å². The molecule has 1 aromatic heterocycles. The van der Waals surface area contributed by atoms with Crippen molar-refractivity contribution in [2.75, 3.05) is 5.32 Å². The summed E-state index contributed by atoms with van der Waals surface area (Å²) in [7, 11) is 0. The van der Waals surface area contributed by atoms with Gasteiger partial charge in [0.15, 0.2) is 0 Å². The number of hydrogen-bond acceptors (Lipinski definition) is 3. The molecule has 0 radical (unpaired) electrons. The van der Waals surface area contributed by atoms with E-state index in [0.29, 0.717) is 17.4 Å². The summed E-state index contributed by atoms with van der Waals surface area (Å²) < 4.78 is 1.49. The Morgan fingerprint density at radius 2 is 1.81 bits per heavy atom. The fourth-order valence-electron chi connectivity index (χ4n) is 3.00. The Balaban J connectivity index is 1.67. The van der Waals surface area contributed by atoms with Crippen LogP contribution in [0.25, 0.3) is 10.9 Å². The van der Waals surface area contributed by atoms with Crippen LogP contribution in [0.5, 0.6) is 0 Å². The maximum Gasteiger partial charge on any atom is 0.261 e. The number of carbonyl (C=O) groups excluding carboxylic acids is 1. The minimum Gasteiger partial charge on any atom is -0.326 e. The number of benzene rings is 2. The number of rotatable bonds is 4. The number of amides is 1. The number of para-hydroxylation sites is 1.